The number of oxazole rings is 1. The van der Waals surface area contributed by atoms with Crippen molar-refractivity contribution in [2.75, 3.05) is 27.4 Å². The summed E-state index contributed by atoms with van der Waals surface area (Å²) in [5.74, 6) is 1.72. The van der Waals surface area contributed by atoms with Gasteiger partial charge in [0.1, 0.15) is 12.0 Å². The molecular formula is C30H33N5O5. The highest BCUT2D eigenvalue weighted by atomic mass is 16.5. The van der Waals surface area contributed by atoms with Gasteiger partial charge in [-0.1, -0.05) is 23.8 Å². The lowest BCUT2D eigenvalue weighted by atomic mass is 9.85. The summed E-state index contributed by atoms with van der Waals surface area (Å²) < 4.78 is 22.3. The third-order valence-corrected chi connectivity index (χ3v) is 7.06. The monoisotopic (exact) mass is 543 g/mol. The molecule has 0 saturated carbocycles. The van der Waals surface area contributed by atoms with Crippen LogP contribution in [0.4, 0.5) is 4.79 Å². The van der Waals surface area contributed by atoms with Crippen LogP contribution in [0.3, 0.4) is 0 Å². The first kappa shape index (κ1) is 27.0. The van der Waals surface area contributed by atoms with Crippen LogP contribution in [-0.2, 0) is 19.4 Å². The Balaban J connectivity index is 1.46. The Morgan fingerprint density at radius 1 is 1.05 bits per heavy atom. The van der Waals surface area contributed by atoms with E-state index in [0.29, 0.717) is 54.8 Å². The first-order valence-electron chi connectivity index (χ1n) is 13.1. The van der Waals surface area contributed by atoms with Crippen LogP contribution in [0, 0.1) is 13.8 Å². The van der Waals surface area contributed by atoms with Gasteiger partial charge in [-0.2, -0.15) is 0 Å². The number of aromatic nitrogens is 3. The second kappa shape index (κ2) is 12.1. The summed E-state index contributed by atoms with van der Waals surface area (Å²) in [6, 6.07) is 9.87. The number of carbonyl (C=O) groups is 1. The van der Waals surface area contributed by atoms with Gasteiger partial charge in [0.25, 0.3) is 0 Å². The van der Waals surface area contributed by atoms with Gasteiger partial charge in [-0.25, -0.2) is 14.8 Å². The van der Waals surface area contributed by atoms with Crippen molar-refractivity contribution in [3.05, 3.63) is 94.6 Å². The van der Waals surface area contributed by atoms with Gasteiger partial charge in [0.15, 0.2) is 17.9 Å². The summed E-state index contributed by atoms with van der Waals surface area (Å²) in [5, 5.41) is 3.00. The minimum absolute atomic E-state index is 0.174. The molecule has 10 nitrogen and oxygen atoms in total. The Labute approximate surface area is 233 Å². The predicted molar refractivity (Wildman–Crippen MR) is 148 cm³/mol. The number of ether oxygens (including phenoxy) is 3. The maximum absolute atomic E-state index is 13.5. The number of urea groups is 1. The van der Waals surface area contributed by atoms with Gasteiger partial charge in [0, 0.05) is 25.4 Å². The van der Waals surface area contributed by atoms with Crippen LogP contribution in [-0.4, -0.2) is 53.3 Å². The molecule has 0 fully saturated rings. The molecule has 1 N–H and O–H groups in total. The third-order valence-electron chi connectivity index (χ3n) is 7.06. The van der Waals surface area contributed by atoms with Gasteiger partial charge in [-0.05, 0) is 54.7 Å². The highest BCUT2D eigenvalue weighted by molar-refractivity contribution is 5.76. The SMILES string of the molecule is COc1cc2c(cc1OCCc1nccnc1OC)C(c1ccc(C)cc1C)N(C(=O)NCc1cocn1)CC2. The molecule has 1 unspecified atom stereocenters. The molecule has 2 aromatic carbocycles. The molecule has 1 atom stereocenters. The Morgan fingerprint density at radius 3 is 2.65 bits per heavy atom. The van der Waals surface area contributed by atoms with Crippen LogP contribution in [0.1, 0.15) is 45.2 Å². The molecule has 0 radical (unpaired) electrons. The van der Waals surface area contributed by atoms with E-state index in [0.717, 1.165) is 27.8 Å². The van der Waals surface area contributed by atoms with Crippen LogP contribution < -0.4 is 19.5 Å². The number of amides is 2. The van der Waals surface area contributed by atoms with Crippen molar-refractivity contribution in [3.63, 3.8) is 0 Å². The first-order chi connectivity index (χ1) is 19.5. The molecule has 0 saturated heterocycles. The van der Waals surface area contributed by atoms with Gasteiger partial charge >= 0.3 is 6.03 Å². The minimum Gasteiger partial charge on any atom is -0.493 e. The quantitative estimate of drug-likeness (QED) is 0.327. The number of rotatable bonds is 9. The second-order valence-electron chi connectivity index (χ2n) is 9.66. The van der Waals surface area contributed by atoms with Crippen LogP contribution in [0.25, 0.3) is 0 Å². The molecule has 2 amide bonds. The molecule has 1 aliphatic rings. The molecule has 0 spiro atoms. The zero-order valence-corrected chi connectivity index (χ0v) is 23.1. The van der Waals surface area contributed by atoms with Crippen LogP contribution in [0.5, 0.6) is 17.4 Å². The number of hydrogen-bond acceptors (Lipinski definition) is 8. The number of nitrogens with one attached hydrogen (secondary N) is 1. The van der Waals surface area contributed by atoms with E-state index in [1.165, 1.54) is 12.7 Å². The standard InChI is InChI=1S/C30H33N5O5/c1-19-5-6-23(20(2)13-19)28-24-15-27(40-12-8-25-29(38-4)32-10-9-31-25)26(37-3)14-21(24)7-11-35(28)30(36)33-16-22-17-39-18-34-22/h5-6,9-10,13-15,17-18,28H,7-8,11-12,16H2,1-4H3,(H,33,36). The van der Waals surface area contributed by atoms with E-state index in [-0.39, 0.29) is 18.6 Å². The summed E-state index contributed by atoms with van der Waals surface area (Å²) in [7, 11) is 3.20. The van der Waals surface area contributed by atoms with Gasteiger partial charge in [0.2, 0.25) is 5.88 Å². The van der Waals surface area contributed by atoms with Crippen molar-refractivity contribution in [3.8, 4) is 17.4 Å². The normalized spacial score (nSPS) is 14.4. The molecule has 1 aliphatic heterocycles. The fourth-order valence-corrected chi connectivity index (χ4v) is 5.13. The average molecular weight is 544 g/mol. The number of carbonyl (C=O) groups excluding carboxylic acids is 1. The van der Waals surface area contributed by atoms with E-state index in [1.54, 1.807) is 26.6 Å². The number of nitrogens with zero attached hydrogens (tertiary/aromatic N) is 4. The molecule has 5 rings (SSSR count). The largest absolute Gasteiger partial charge is 0.493 e. The smallest absolute Gasteiger partial charge is 0.318 e. The number of benzene rings is 2. The third kappa shape index (κ3) is 5.70. The fourth-order valence-electron chi connectivity index (χ4n) is 5.13. The zero-order chi connectivity index (χ0) is 28.1. The molecule has 208 valence electrons. The molecular weight excluding hydrogens is 510 g/mol. The van der Waals surface area contributed by atoms with E-state index in [1.807, 2.05) is 17.0 Å². The van der Waals surface area contributed by atoms with Gasteiger partial charge in [0.05, 0.1) is 39.1 Å². The highest BCUT2D eigenvalue weighted by Crippen LogP contribution is 2.42. The van der Waals surface area contributed by atoms with Crippen molar-refractivity contribution in [2.45, 2.75) is 39.3 Å². The molecule has 4 aromatic rings. The minimum atomic E-state index is -0.310. The summed E-state index contributed by atoms with van der Waals surface area (Å²) in [5.41, 5.74) is 6.83. The topological polar surface area (TPSA) is 112 Å². The van der Waals surface area contributed by atoms with Gasteiger partial charge in [-0.15, -0.1) is 0 Å². The number of fused-ring (bicyclic) bond motifs is 1. The van der Waals surface area contributed by atoms with Crippen molar-refractivity contribution in [1.82, 2.24) is 25.2 Å². The van der Waals surface area contributed by atoms with Crippen molar-refractivity contribution in [1.29, 1.82) is 0 Å². The molecule has 3 heterocycles. The maximum Gasteiger partial charge on any atom is 0.318 e. The maximum atomic E-state index is 13.5. The molecule has 10 heteroatoms. The number of hydrogen-bond donors (Lipinski definition) is 1. The Kier molecular flexibility index (Phi) is 8.14. The van der Waals surface area contributed by atoms with Gasteiger partial charge < -0.3 is 28.8 Å². The lowest BCUT2D eigenvalue weighted by Crippen LogP contribution is -2.46. The Morgan fingerprint density at radius 2 is 1.90 bits per heavy atom. The van der Waals surface area contributed by atoms with Crippen molar-refractivity contribution >= 4 is 6.03 Å². The van der Waals surface area contributed by atoms with E-state index < -0.39 is 0 Å². The highest BCUT2D eigenvalue weighted by Gasteiger charge is 2.34. The summed E-state index contributed by atoms with van der Waals surface area (Å²) in [4.78, 5) is 28.1. The first-order valence-corrected chi connectivity index (χ1v) is 13.1. The van der Waals surface area contributed by atoms with Crippen molar-refractivity contribution in [2.24, 2.45) is 0 Å². The fraction of sp³-hybridized carbons (Fsp3) is 0.333. The molecule has 0 bridgehead atoms. The van der Waals surface area contributed by atoms with Crippen LogP contribution in [0.15, 0.2) is 59.8 Å². The lowest BCUT2D eigenvalue weighted by molar-refractivity contribution is 0.179. The van der Waals surface area contributed by atoms with E-state index in [4.69, 9.17) is 18.6 Å². The van der Waals surface area contributed by atoms with Crippen LogP contribution in [0.2, 0.25) is 0 Å². The molecule has 40 heavy (non-hydrogen) atoms. The van der Waals surface area contributed by atoms with E-state index in [2.05, 4.69) is 52.3 Å². The van der Waals surface area contributed by atoms with E-state index in [9.17, 15) is 4.79 Å². The molecule has 2 aromatic heterocycles. The second-order valence-corrected chi connectivity index (χ2v) is 9.66. The number of methoxy groups -OCH3 is 2. The zero-order valence-electron chi connectivity index (χ0n) is 23.1. The number of aryl methyl sites for hydroxylation is 2. The van der Waals surface area contributed by atoms with Crippen molar-refractivity contribution < 1.29 is 23.4 Å². The summed E-state index contributed by atoms with van der Waals surface area (Å²) >= 11 is 0. The van der Waals surface area contributed by atoms with Crippen LogP contribution >= 0.6 is 0 Å². The average Bonchev–Trinajstić information content (AvgIpc) is 3.49. The summed E-state index contributed by atoms with van der Waals surface area (Å²) in [6.45, 7) is 5.32. The Hall–Kier alpha value is -4.60. The van der Waals surface area contributed by atoms with Gasteiger partial charge in [-0.3, -0.25) is 4.98 Å². The molecule has 0 aliphatic carbocycles. The Bertz CT molecular complexity index is 1470. The lowest BCUT2D eigenvalue weighted by Gasteiger charge is -2.38. The van der Waals surface area contributed by atoms with E-state index >= 15 is 0 Å². The summed E-state index contributed by atoms with van der Waals surface area (Å²) in [6.07, 6.45) is 7.30. The predicted octanol–water partition coefficient (Wildman–Crippen LogP) is 4.58.